The van der Waals surface area contributed by atoms with Gasteiger partial charge in [0.1, 0.15) is 0 Å². The monoisotopic (exact) mass is 481 g/mol. The van der Waals surface area contributed by atoms with Crippen LogP contribution in [0.15, 0.2) is 51.0 Å². The molecule has 2 heterocycles. The van der Waals surface area contributed by atoms with Crippen molar-refractivity contribution in [2.24, 2.45) is 0 Å². The molecule has 11 heteroatoms. The third-order valence-corrected chi connectivity index (χ3v) is 9.92. The molecule has 2 aromatic carbocycles. The summed E-state index contributed by atoms with van der Waals surface area (Å²) in [5.74, 6) is 0. The minimum atomic E-state index is -3.86. The average molecular weight is 482 g/mol. The largest absolute Gasteiger partial charge is 0.308 e. The first-order chi connectivity index (χ1) is 14.6. The number of aromatic nitrogens is 1. The molecule has 0 amide bonds. The van der Waals surface area contributed by atoms with E-state index in [0.29, 0.717) is 28.9 Å². The summed E-state index contributed by atoms with van der Waals surface area (Å²) in [6, 6.07) is 9.27. The highest BCUT2D eigenvalue weighted by Gasteiger charge is 2.32. The fraction of sp³-hybridized carbons (Fsp3) is 0.350. The molecule has 31 heavy (non-hydrogen) atoms. The zero-order valence-corrected chi connectivity index (χ0v) is 19.8. The number of hydrogen-bond donors (Lipinski definition) is 0. The van der Waals surface area contributed by atoms with Gasteiger partial charge in [-0.15, -0.1) is 0 Å². The van der Waals surface area contributed by atoms with Crippen molar-refractivity contribution in [3.63, 3.8) is 0 Å². The first-order valence-corrected chi connectivity index (χ1v) is 13.5. The molecule has 1 aromatic heterocycles. The number of anilines is 1. The van der Waals surface area contributed by atoms with Crippen LogP contribution in [0, 0.1) is 0 Å². The topological polar surface area (TPSA) is 96.8 Å². The summed E-state index contributed by atoms with van der Waals surface area (Å²) >= 11 is 1.04. The Labute approximate surface area is 185 Å². The van der Waals surface area contributed by atoms with E-state index in [2.05, 4.69) is 0 Å². The molecule has 0 saturated carbocycles. The predicted octanol–water partition coefficient (Wildman–Crippen LogP) is 2.47. The van der Waals surface area contributed by atoms with Crippen LogP contribution in [-0.2, 0) is 33.0 Å². The number of fused-ring (bicyclic) bond motifs is 2. The summed E-state index contributed by atoms with van der Waals surface area (Å²) in [6.45, 7) is 2.80. The van der Waals surface area contributed by atoms with Gasteiger partial charge in [-0.3, -0.25) is 13.7 Å². The van der Waals surface area contributed by atoms with E-state index < -0.39 is 20.0 Å². The first-order valence-electron chi connectivity index (χ1n) is 9.79. The maximum Gasteiger partial charge on any atom is 0.308 e. The second-order valence-electron chi connectivity index (χ2n) is 7.55. The van der Waals surface area contributed by atoms with Gasteiger partial charge in [0, 0.05) is 27.2 Å². The molecule has 4 rings (SSSR count). The fourth-order valence-corrected chi connectivity index (χ4v) is 7.25. The molecule has 1 aliphatic heterocycles. The summed E-state index contributed by atoms with van der Waals surface area (Å²) in [4.78, 5) is 12.4. The van der Waals surface area contributed by atoms with Crippen molar-refractivity contribution in [2.45, 2.75) is 36.1 Å². The van der Waals surface area contributed by atoms with Gasteiger partial charge in [0.25, 0.3) is 10.0 Å². The highest BCUT2D eigenvalue weighted by Crippen LogP contribution is 2.35. The van der Waals surface area contributed by atoms with E-state index >= 15 is 0 Å². The van der Waals surface area contributed by atoms with Crippen LogP contribution in [0.5, 0.6) is 0 Å². The molecule has 0 radical (unpaired) electrons. The standard InChI is InChI=1S/C20H23N3O5S3/c1-4-10-22-18-8-6-16(13-19(18)29-20(22)24)31(27,28)23-11-9-14-12-15(5-7-17(14)23)30(25,26)21(2)3/h5-8,12-13H,4,9-11H2,1-3H3. The van der Waals surface area contributed by atoms with E-state index in [1.807, 2.05) is 6.92 Å². The second kappa shape index (κ2) is 7.73. The van der Waals surface area contributed by atoms with Gasteiger partial charge >= 0.3 is 4.87 Å². The van der Waals surface area contributed by atoms with Gasteiger partial charge < -0.3 is 0 Å². The van der Waals surface area contributed by atoms with Gasteiger partial charge in [-0.1, -0.05) is 18.3 Å². The average Bonchev–Trinajstić information content (AvgIpc) is 3.28. The predicted molar refractivity (Wildman–Crippen MR) is 122 cm³/mol. The van der Waals surface area contributed by atoms with Crippen LogP contribution in [0.2, 0.25) is 0 Å². The molecule has 0 spiro atoms. The Balaban J connectivity index is 1.74. The van der Waals surface area contributed by atoms with Gasteiger partial charge in [-0.05, 0) is 54.8 Å². The van der Waals surface area contributed by atoms with Crippen LogP contribution in [-0.4, -0.2) is 46.3 Å². The van der Waals surface area contributed by atoms with Crippen molar-refractivity contribution in [1.29, 1.82) is 0 Å². The quantitative estimate of drug-likeness (QED) is 0.539. The van der Waals surface area contributed by atoms with Crippen molar-refractivity contribution in [1.82, 2.24) is 8.87 Å². The van der Waals surface area contributed by atoms with Crippen LogP contribution in [0.1, 0.15) is 18.9 Å². The van der Waals surface area contributed by atoms with Gasteiger partial charge in [0.2, 0.25) is 10.0 Å². The lowest BCUT2D eigenvalue weighted by atomic mass is 10.2. The molecule has 0 saturated heterocycles. The van der Waals surface area contributed by atoms with E-state index in [4.69, 9.17) is 0 Å². The number of aryl methyl sites for hydroxylation is 1. The third kappa shape index (κ3) is 3.59. The Morgan fingerprint density at radius 2 is 1.74 bits per heavy atom. The lowest BCUT2D eigenvalue weighted by molar-refractivity contribution is 0.520. The summed E-state index contributed by atoms with van der Waals surface area (Å²) in [6.07, 6.45) is 1.23. The molecule has 166 valence electrons. The molecule has 0 bridgehead atoms. The Hall–Kier alpha value is -2.21. The lowest BCUT2D eigenvalue weighted by Gasteiger charge is -2.20. The zero-order chi connectivity index (χ0) is 22.6. The Morgan fingerprint density at radius 1 is 1.03 bits per heavy atom. The van der Waals surface area contributed by atoms with Crippen molar-refractivity contribution in [2.75, 3.05) is 24.9 Å². The van der Waals surface area contributed by atoms with Gasteiger partial charge in [0.05, 0.1) is 25.7 Å². The maximum atomic E-state index is 13.4. The molecule has 0 fully saturated rings. The van der Waals surface area contributed by atoms with E-state index in [1.165, 1.54) is 30.5 Å². The van der Waals surface area contributed by atoms with Crippen molar-refractivity contribution in [3.8, 4) is 0 Å². The van der Waals surface area contributed by atoms with Crippen LogP contribution in [0.25, 0.3) is 10.2 Å². The number of rotatable bonds is 6. The smallest absolute Gasteiger partial charge is 0.299 e. The van der Waals surface area contributed by atoms with Crippen LogP contribution >= 0.6 is 11.3 Å². The molecular weight excluding hydrogens is 458 g/mol. The van der Waals surface area contributed by atoms with Gasteiger partial charge in [-0.25, -0.2) is 21.1 Å². The molecule has 0 N–H and O–H groups in total. The fourth-order valence-electron chi connectivity index (χ4n) is 3.74. The summed E-state index contributed by atoms with van der Waals surface area (Å²) in [7, 11) is -4.54. The van der Waals surface area contributed by atoms with Crippen LogP contribution < -0.4 is 9.18 Å². The minimum Gasteiger partial charge on any atom is -0.299 e. The molecule has 8 nitrogen and oxygen atoms in total. The first kappa shape index (κ1) is 22.0. The van der Waals surface area contributed by atoms with Crippen molar-refractivity contribution in [3.05, 3.63) is 51.6 Å². The highest BCUT2D eigenvalue weighted by molar-refractivity contribution is 7.93. The maximum absolute atomic E-state index is 13.4. The van der Waals surface area contributed by atoms with Gasteiger partial charge in [0.15, 0.2) is 0 Å². The summed E-state index contributed by atoms with van der Waals surface area (Å²) in [5.41, 5.74) is 1.89. The highest BCUT2D eigenvalue weighted by atomic mass is 32.2. The second-order valence-corrected chi connectivity index (χ2v) is 12.6. The number of thiazole rings is 1. The van der Waals surface area contributed by atoms with Crippen LogP contribution in [0.4, 0.5) is 5.69 Å². The lowest BCUT2D eigenvalue weighted by Crippen LogP contribution is -2.29. The molecule has 0 unspecified atom stereocenters. The Morgan fingerprint density at radius 3 is 2.42 bits per heavy atom. The van der Waals surface area contributed by atoms with Crippen molar-refractivity contribution >= 4 is 47.3 Å². The minimum absolute atomic E-state index is 0.104. The summed E-state index contributed by atoms with van der Waals surface area (Å²) in [5, 5.41) is 0. The Kier molecular flexibility index (Phi) is 5.49. The Bertz CT molecular complexity index is 1440. The number of benzene rings is 2. The molecule has 1 aliphatic rings. The van der Waals surface area contributed by atoms with E-state index in [0.717, 1.165) is 27.6 Å². The normalized spacial score (nSPS) is 14.5. The zero-order valence-electron chi connectivity index (χ0n) is 17.4. The third-order valence-electron chi connectivity index (χ3n) is 5.36. The molecule has 3 aromatic rings. The summed E-state index contributed by atoms with van der Waals surface area (Å²) < 4.78 is 56.3. The van der Waals surface area contributed by atoms with Crippen LogP contribution in [0.3, 0.4) is 0 Å². The van der Waals surface area contributed by atoms with Crippen molar-refractivity contribution < 1.29 is 16.8 Å². The van der Waals surface area contributed by atoms with E-state index in [9.17, 15) is 21.6 Å². The van der Waals surface area contributed by atoms with E-state index in [1.54, 1.807) is 28.8 Å². The molecule has 0 atom stereocenters. The van der Waals surface area contributed by atoms with E-state index in [-0.39, 0.29) is 21.2 Å². The van der Waals surface area contributed by atoms with Gasteiger partial charge in [-0.2, -0.15) is 0 Å². The molecular formula is C20H23N3O5S3. The number of sulfonamides is 2. The number of hydrogen-bond acceptors (Lipinski definition) is 6. The number of nitrogens with zero attached hydrogens (tertiary/aromatic N) is 3. The SMILES string of the molecule is CCCn1c(=O)sc2cc(S(=O)(=O)N3CCc4cc(S(=O)(=O)N(C)C)ccc43)ccc21. The molecule has 0 aliphatic carbocycles.